The molecule has 10 heteroatoms. The number of ether oxygens (including phenoxy) is 2. The van der Waals surface area contributed by atoms with E-state index < -0.39 is 0 Å². The Bertz CT molecular complexity index is 1630. The van der Waals surface area contributed by atoms with Crippen molar-refractivity contribution in [1.29, 1.82) is 0 Å². The number of benzene rings is 2. The maximum Gasteiger partial charge on any atom is 0.316 e. The number of carbonyl (C=O) groups is 2. The molecule has 0 aliphatic carbocycles. The molecular weight excluding hydrogens is 677 g/mol. The zero-order valence-electron chi connectivity index (χ0n) is 30.2. The van der Waals surface area contributed by atoms with Gasteiger partial charge >= 0.3 is 11.9 Å². The van der Waals surface area contributed by atoms with E-state index in [9.17, 15) is 9.59 Å². The molecule has 8 nitrogen and oxygen atoms in total. The lowest BCUT2D eigenvalue weighted by atomic mass is 10.1. The van der Waals surface area contributed by atoms with Gasteiger partial charge in [-0.2, -0.15) is 4.57 Å². The van der Waals surface area contributed by atoms with Crippen molar-refractivity contribution < 1.29 is 23.6 Å². The predicted molar refractivity (Wildman–Crippen MR) is 218 cm³/mol. The Balaban J connectivity index is 1.18. The number of hydrogen-bond acceptors (Lipinski definition) is 9. The van der Waals surface area contributed by atoms with Crippen molar-refractivity contribution in [2.24, 2.45) is 0 Å². The average molecular weight is 728 g/mol. The van der Waals surface area contributed by atoms with Gasteiger partial charge in [-0.05, 0) is 71.8 Å². The third-order valence-corrected chi connectivity index (χ3v) is 9.42. The topological polar surface area (TPSA) is 75.0 Å². The van der Waals surface area contributed by atoms with Crippen molar-refractivity contribution in [1.82, 2.24) is 5.32 Å². The van der Waals surface area contributed by atoms with E-state index in [1.54, 1.807) is 0 Å². The molecule has 0 unspecified atom stereocenters. The Morgan fingerprint density at radius 3 is 1.94 bits per heavy atom. The van der Waals surface area contributed by atoms with Crippen molar-refractivity contribution in [3.05, 3.63) is 132 Å². The van der Waals surface area contributed by atoms with Gasteiger partial charge in [0.05, 0.1) is 13.2 Å². The Hall–Kier alpha value is -4.67. The fourth-order valence-electron chi connectivity index (χ4n) is 4.48. The molecule has 1 N–H and O–H groups in total. The predicted octanol–water partition coefficient (Wildman–Crippen LogP) is 7.45. The molecule has 3 aromatic rings. The highest BCUT2D eigenvalue weighted by Crippen LogP contribution is 2.21. The minimum absolute atomic E-state index is 0.177. The molecule has 0 aliphatic rings. The van der Waals surface area contributed by atoms with E-state index in [2.05, 4.69) is 93.0 Å². The molecule has 3 rings (SSSR count). The largest absolute Gasteiger partial charge is 0.465 e. The van der Waals surface area contributed by atoms with Crippen LogP contribution in [-0.4, -0.2) is 71.4 Å². The highest BCUT2D eigenvalue weighted by Gasteiger charge is 2.10. The van der Waals surface area contributed by atoms with E-state index in [0.717, 1.165) is 34.6 Å². The molecule has 0 amide bonds. The summed E-state index contributed by atoms with van der Waals surface area (Å²) in [6.07, 6.45) is 19.2. The molecular formula is C41H51N4O4S2+. The van der Waals surface area contributed by atoms with Gasteiger partial charge in [0.1, 0.15) is 11.5 Å². The van der Waals surface area contributed by atoms with Gasteiger partial charge in [-0.3, -0.25) is 9.59 Å². The van der Waals surface area contributed by atoms with Gasteiger partial charge in [0.2, 0.25) is 5.69 Å². The van der Waals surface area contributed by atoms with Crippen LogP contribution in [-0.2, 0) is 25.6 Å². The molecule has 1 heterocycles. The number of hydrogen-bond donors (Lipinski definition) is 1. The molecule has 0 atom stereocenters. The van der Waals surface area contributed by atoms with Crippen molar-refractivity contribution >= 4 is 63.1 Å². The summed E-state index contributed by atoms with van der Waals surface area (Å²) < 4.78 is 12.8. The summed E-state index contributed by atoms with van der Waals surface area (Å²) in [6.45, 7) is 6.13. The maximum absolute atomic E-state index is 12.2. The van der Waals surface area contributed by atoms with E-state index in [-0.39, 0.29) is 23.4 Å². The third-order valence-electron chi connectivity index (χ3n) is 7.34. The third kappa shape index (κ3) is 17.2. The number of rotatable bonds is 22. The number of nitrogens with zero attached hydrogens (tertiary/aromatic N) is 3. The molecule has 2 aromatic carbocycles. The fraction of sp³-hybridized carbons (Fsp3) is 0.293. The number of esters is 2. The van der Waals surface area contributed by atoms with E-state index in [1.165, 1.54) is 27.3 Å². The van der Waals surface area contributed by atoms with Gasteiger partial charge in [0, 0.05) is 70.7 Å². The molecule has 0 radical (unpaired) electrons. The summed E-state index contributed by atoms with van der Waals surface area (Å²) >= 11 is 0. The monoisotopic (exact) mass is 727 g/mol. The summed E-state index contributed by atoms with van der Waals surface area (Å²) in [5.74, 6) is -0.233. The molecule has 0 saturated heterocycles. The molecule has 0 spiro atoms. The molecule has 0 aliphatic heterocycles. The fourth-order valence-corrected chi connectivity index (χ4v) is 6.09. The van der Waals surface area contributed by atoms with E-state index in [0.29, 0.717) is 32.6 Å². The first-order valence-corrected chi connectivity index (χ1v) is 19.4. The Labute approximate surface area is 312 Å². The number of carbonyl (C=O) groups excluding carboxylic acids is 2. The molecule has 0 fully saturated rings. The second-order valence-electron chi connectivity index (χ2n) is 11.9. The summed E-state index contributed by atoms with van der Waals surface area (Å²) in [6, 6.07) is 22.8. The second kappa shape index (κ2) is 23.7. The number of pyridine rings is 1. The standard InChI is InChI=1S/C41H51N4O4S2/c1-34(14-15-35-16-21-37(22-17-35)43(2)3)12-6-8-26-42-27-10-30-48-40(46)32-50-51-33-41(47)49-31-11-29-45-28-9-7-13-39(45)25-20-36-18-23-38(24-19-36)44(4)5/h6-9,12-26,28,42H,1,10-11,27,29-33H2,2-5H3/q+1/b12-6-,15-14+,26-8-. The first-order valence-electron chi connectivity index (χ1n) is 16.9. The Morgan fingerprint density at radius 2 is 1.33 bits per heavy atom. The van der Waals surface area contributed by atoms with E-state index in [4.69, 9.17) is 9.47 Å². The summed E-state index contributed by atoms with van der Waals surface area (Å²) in [4.78, 5) is 28.3. The number of aromatic nitrogens is 1. The van der Waals surface area contributed by atoms with Crippen LogP contribution in [0.1, 0.15) is 29.7 Å². The normalized spacial score (nSPS) is 11.5. The van der Waals surface area contributed by atoms with Gasteiger partial charge in [-0.1, -0.05) is 76.7 Å². The Kier molecular flexibility index (Phi) is 18.9. The van der Waals surface area contributed by atoms with Gasteiger partial charge < -0.3 is 24.6 Å². The van der Waals surface area contributed by atoms with Crippen molar-refractivity contribution in [3.8, 4) is 0 Å². The quantitative estimate of drug-likeness (QED) is 0.0374. The molecule has 0 bridgehead atoms. The van der Waals surface area contributed by atoms with Crippen LogP contribution in [0.15, 0.2) is 116 Å². The van der Waals surface area contributed by atoms with Crippen LogP contribution in [0.5, 0.6) is 0 Å². The van der Waals surface area contributed by atoms with Gasteiger partial charge in [0.15, 0.2) is 12.7 Å². The highest BCUT2D eigenvalue weighted by atomic mass is 33.1. The SMILES string of the molecule is C=C(/C=C\C=C/NCCCOC(=O)CSSCC(=O)OCCC[n+]1ccccc1/C=C/c1ccc(N(C)C)cc1)/C=C/c1ccc(N(C)C)cc1. The van der Waals surface area contributed by atoms with Crippen LogP contribution < -0.4 is 19.7 Å². The molecule has 0 saturated carbocycles. The van der Waals surface area contributed by atoms with Crippen molar-refractivity contribution in [3.63, 3.8) is 0 Å². The van der Waals surface area contributed by atoms with E-state index >= 15 is 0 Å². The Morgan fingerprint density at radius 1 is 0.745 bits per heavy atom. The van der Waals surface area contributed by atoms with E-state index in [1.807, 2.05) is 83.1 Å². The number of aryl methyl sites for hydroxylation is 1. The summed E-state index contributed by atoms with van der Waals surface area (Å²) in [5.41, 5.74) is 6.55. The first kappa shape index (κ1) is 40.8. The highest BCUT2D eigenvalue weighted by molar-refractivity contribution is 8.77. The zero-order chi connectivity index (χ0) is 36.7. The number of nitrogens with one attached hydrogen (secondary N) is 1. The minimum Gasteiger partial charge on any atom is -0.465 e. The first-order chi connectivity index (χ1) is 24.7. The number of anilines is 2. The van der Waals surface area contributed by atoms with Crippen LogP contribution in [0.3, 0.4) is 0 Å². The molecule has 270 valence electrons. The number of allylic oxidation sites excluding steroid dienone is 5. The minimum atomic E-state index is -0.296. The van der Waals surface area contributed by atoms with Gasteiger partial charge in [-0.25, -0.2) is 0 Å². The van der Waals surface area contributed by atoms with Gasteiger partial charge in [-0.15, -0.1) is 0 Å². The van der Waals surface area contributed by atoms with Gasteiger partial charge in [0.25, 0.3) is 0 Å². The molecule has 51 heavy (non-hydrogen) atoms. The average Bonchev–Trinajstić information content (AvgIpc) is 3.13. The van der Waals surface area contributed by atoms with Crippen LogP contribution in [0.4, 0.5) is 11.4 Å². The lowest BCUT2D eigenvalue weighted by Crippen LogP contribution is -2.37. The van der Waals surface area contributed by atoms with Crippen LogP contribution in [0.25, 0.3) is 18.2 Å². The van der Waals surface area contributed by atoms with Crippen LogP contribution in [0, 0.1) is 0 Å². The summed E-state index contributed by atoms with van der Waals surface area (Å²) in [5, 5.41) is 3.18. The van der Waals surface area contributed by atoms with Crippen molar-refractivity contribution in [2.45, 2.75) is 19.4 Å². The second-order valence-corrected chi connectivity index (χ2v) is 14.3. The zero-order valence-corrected chi connectivity index (χ0v) is 31.8. The molecule has 1 aromatic heterocycles. The van der Waals surface area contributed by atoms with Crippen LogP contribution >= 0.6 is 21.6 Å². The smallest absolute Gasteiger partial charge is 0.316 e. The van der Waals surface area contributed by atoms with Crippen LogP contribution in [0.2, 0.25) is 0 Å². The maximum atomic E-state index is 12.2. The summed E-state index contributed by atoms with van der Waals surface area (Å²) in [7, 11) is 10.7. The lowest BCUT2D eigenvalue weighted by Gasteiger charge is -2.11. The lowest BCUT2D eigenvalue weighted by molar-refractivity contribution is -0.699. The van der Waals surface area contributed by atoms with Crippen molar-refractivity contribution in [2.75, 3.05) is 69.3 Å².